The van der Waals surface area contributed by atoms with E-state index < -0.39 is 17.4 Å². The first kappa shape index (κ1) is 13.2. The Balaban J connectivity index is 5.37. The summed E-state index contributed by atoms with van der Waals surface area (Å²) >= 11 is 0. The fourth-order valence-corrected chi connectivity index (χ4v) is 1.33. The van der Waals surface area contributed by atoms with Crippen molar-refractivity contribution in [3.05, 3.63) is 37.5 Å². The van der Waals surface area contributed by atoms with E-state index in [1.165, 1.54) is 12.2 Å². The van der Waals surface area contributed by atoms with E-state index in [4.69, 9.17) is 10.2 Å². The summed E-state index contributed by atoms with van der Waals surface area (Å²) < 4.78 is 0. The molecule has 4 heteroatoms. The monoisotopic (exact) mass is 210 g/mol. The number of hydrogen-bond acceptors (Lipinski definition) is 2. The van der Waals surface area contributed by atoms with Gasteiger partial charge in [0, 0.05) is 5.57 Å². The summed E-state index contributed by atoms with van der Waals surface area (Å²) in [6, 6.07) is 0. The van der Waals surface area contributed by atoms with Crippen LogP contribution in [0.3, 0.4) is 0 Å². The third-order valence-electron chi connectivity index (χ3n) is 2.23. The summed E-state index contributed by atoms with van der Waals surface area (Å²) in [5.74, 6) is -2.55. The van der Waals surface area contributed by atoms with Crippen molar-refractivity contribution in [2.75, 3.05) is 0 Å². The van der Waals surface area contributed by atoms with Crippen molar-refractivity contribution >= 4 is 11.9 Å². The molecule has 0 aromatic carbocycles. The minimum atomic E-state index is -1.53. The molecular weight excluding hydrogens is 196 g/mol. The Morgan fingerprint density at radius 3 is 1.73 bits per heavy atom. The van der Waals surface area contributed by atoms with Crippen LogP contribution in [0.15, 0.2) is 37.5 Å². The Bertz CT molecular complexity index is 305. The van der Waals surface area contributed by atoms with Crippen molar-refractivity contribution in [1.29, 1.82) is 0 Å². The fourth-order valence-electron chi connectivity index (χ4n) is 1.33. The molecule has 2 N–H and O–H groups in total. The van der Waals surface area contributed by atoms with Crippen LogP contribution < -0.4 is 0 Å². The second-order valence-electron chi connectivity index (χ2n) is 3.16. The molecule has 0 aliphatic rings. The van der Waals surface area contributed by atoms with Crippen molar-refractivity contribution in [1.82, 2.24) is 0 Å². The van der Waals surface area contributed by atoms with Crippen molar-refractivity contribution in [3.63, 3.8) is 0 Å². The highest BCUT2D eigenvalue weighted by Gasteiger charge is 2.42. The Morgan fingerprint density at radius 2 is 1.53 bits per heavy atom. The highest BCUT2D eigenvalue weighted by atomic mass is 16.4. The molecule has 0 aliphatic carbocycles. The van der Waals surface area contributed by atoms with Crippen molar-refractivity contribution in [3.8, 4) is 0 Å². The van der Waals surface area contributed by atoms with Crippen LogP contribution in [0.4, 0.5) is 0 Å². The average Bonchev–Trinajstić information content (AvgIpc) is 2.15. The van der Waals surface area contributed by atoms with Gasteiger partial charge in [0.05, 0.1) is 0 Å². The first-order valence-electron chi connectivity index (χ1n) is 4.30. The molecule has 0 aromatic heterocycles. The predicted octanol–water partition coefficient (Wildman–Crippen LogP) is 1.85. The lowest BCUT2D eigenvalue weighted by molar-refractivity contribution is -0.149. The zero-order valence-corrected chi connectivity index (χ0v) is 8.40. The third-order valence-corrected chi connectivity index (χ3v) is 2.23. The van der Waals surface area contributed by atoms with Crippen LogP contribution in [0.1, 0.15) is 12.8 Å². The van der Waals surface area contributed by atoms with E-state index in [9.17, 15) is 9.59 Å². The van der Waals surface area contributed by atoms with Gasteiger partial charge in [-0.3, -0.25) is 4.79 Å². The number of carboxylic acids is 2. The van der Waals surface area contributed by atoms with E-state index in [2.05, 4.69) is 19.7 Å². The standard InChI is InChI=1S/C11H14O4/c1-4-6-11(7-5-2,10(14)15)8(3)9(12)13/h4-5H,1-3,6-7H2,(H,12,13)(H,14,15). The molecule has 0 rings (SSSR count). The lowest BCUT2D eigenvalue weighted by atomic mass is 9.75. The molecule has 0 saturated heterocycles. The van der Waals surface area contributed by atoms with Gasteiger partial charge in [-0.15, -0.1) is 13.2 Å². The molecule has 0 amide bonds. The van der Waals surface area contributed by atoms with Gasteiger partial charge in [-0.1, -0.05) is 18.7 Å². The van der Waals surface area contributed by atoms with Crippen molar-refractivity contribution in [2.45, 2.75) is 12.8 Å². The maximum Gasteiger partial charge on any atom is 0.332 e. The lowest BCUT2D eigenvalue weighted by Gasteiger charge is -2.26. The summed E-state index contributed by atoms with van der Waals surface area (Å²) in [7, 11) is 0. The molecular formula is C11H14O4. The molecule has 0 heterocycles. The Kier molecular flexibility index (Phi) is 4.51. The Labute approximate surface area is 88.2 Å². The number of carbonyl (C=O) groups is 2. The number of carboxylic acid groups (broad SMARTS) is 2. The molecule has 0 spiro atoms. The maximum atomic E-state index is 11.1. The zero-order valence-electron chi connectivity index (χ0n) is 8.40. The summed E-state index contributed by atoms with van der Waals surface area (Å²) in [6.45, 7) is 10.1. The van der Waals surface area contributed by atoms with Crippen LogP contribution >= 0.6 is 0 Å². The SMILES string of the molecule is C=CCC(CC=C)(C(=C)C(=O)O)C(=O)O. The molecule has 0 fully saturated rings. The van der Waals surface area contributed by atoms with E-state index in [-0.39, 0.29) is 18.4 Å². The van der Waals surface area contributed by atoms with Crippen LogP contribution in [0.5, 0.6) is 0 Å². The van der Waals surface area contributed by atoms with Gasteiger partial charge in [0.1, 0.15) is 5.41 Å². The second kappa shape index (κ2) is 5.14. The summed E-state index contributed by atoms with van der Waals surface area (Å²) in [5, 5.41) is 17.9. The fraction of sp³-hybridized carbons (Fsp3) is 0.273. The van der Waals surface area contributed by atoms with Gasteiger partial charge in [-0.25, -0.2) is 4.79 Å². The molecule has 0 atom stereocenters. The normalized spacial score (nSPS) is 10.4. The van der Waals surface area contributed by atoms with Gasteiger partial charge in [0.25, 0.3) is 0 Å². The first-order valence-corrected chi connectivity index (χ1v) is 4.30. The molecule has 82 valence electrons. The van der Waals surface area contributed by atoms with E-state index in [1.54, 1.807) is 0 Å². The maximum absolute atomic E-state index is 11.1. The highest BCUT2D eigenvalue weighted by molar-refractivity contribution is 5.96. The van der Waals surface area contributed by atoms with Crippen molar-refractivity contribution < 1.29 is 19.8 Å². The number of allylic oxidation sites excluding steroid dienone is 2. The van der Waals surface area contributed by atoms with Gasteiger partial charge in [0.15, 0.2) is 0 Å². The molecule has 4 nitrogen and oxygen atoms in total. The van der Waals surface area contributed by atoms with Crippen LogP contribution in [-0.2, 0) is 9.59 Å². The number of aliphatic carboxylic acids is 2. The summed E-state index contributed by atoms with van der Waals surface area (Å²) in [5.41, 5.74) is -1.88. The number of rotatable bonds is 7. The third kappa shape index (κ3) is 2.56. The van der Waals surface area contributed by atoms with Gasteiger partial charge >= 0.3 is 11.9 Å². The minimum absolute atomic E-state index is 0.0134. The van der Waals surface area contributed by atoms with Crippen LogP contribution in [-0.4, -0.2) is 22.2 Å². The minimum Gasteiger partial charge on any atom is -0.481 e. The van der Waals surface area contributed by atoms with Crippen LogP contribution in [0.25, 0.3) is 0 Å². The molecule has 0 aromatic rings. The van der Waals surface area contributed by atoms with Gasteiger partial charge in [-0.05, 0) is 12.8 Å². The quantitative estimate of drug-likeness (QED) is 0.496. The lowest BCUT2D eigenvalue weighted by Crippen LogP contribution is -2.35. The van der Waals surface area contributed by atoms with Gasteiger partial charge < -0.3 is 10.2 Å². The van der Waals surface area contributed by atoms with E-state index in [0.717, 1.165) is 0 Å². The molecule has 15 heavy (non-hydrogen) atoms. The molecule has 0 bridgehead atoms. The molecule has 0 aliphatic heterocycles. The summed E-state index contributed by atoms with van der Waals surface area (Å²) in [6.07, 6.45) is 2.76. The van der Waals surface area contributed by atoms with Crippen molar-refractivity contribution in [2.24, 2.45) is 5.41 Å². The molecule has 0 saturated carbocycles. The smallest absolute Gasteiger partial charge is 0.332 e. The van der Waals surface area contributed by atoms with Gasteiger partial charge in [0.2, 0.25) is 0 Å². The zero-order chi connectivity index (χ0) is 12.1. The molecule has 0 radical (unpaired) electrons. The summed E-state index contributed by atoms with van der Waals surface area (Å²) in [4.78, 5) is 21.9. The topological polar surface area (TPSA) is 74.6 Å². The Hall–Kier alpha value is -1.84. The number of hydrogen-bond donors (Lipinski definition) is 2. The second-order valence-corrected chi connectivity index (χ2v) is 3.16. The van der Waals surface area contributed by atoms with E-state index in [1.807, 2.05) is 0 Å². The van der Waals surface area contributed by atoms with Crippen LogP contribution in [0.2, 0.25) is 0 Å². The Morgan fingerprint density at radius 1 is 1.13 bits per heavy atom. The van der Waals surface area contributed by atoms with E-state index in [0.29, 0.717) is 0 Å². The molecule has 0 unspecified atom stereocenters. The average molecular weight is 210 g/mol. The van der Waals surface area contributed by atoms with Gasteiger partial charge in [-0.2, -0.15) is 0 Å². The predicted molar refractivity (Wildman–Crippen MR) is 56.5 cm³/mol. The van der Waals surface area contributed by atoms with Crippen LogP contribution in [0, 0.1) is 5.41 Å². The highest BCUT2D eigenvalue weighted by Crippen LogP contribution is 2.35. The largest absolute Gasteiger partial charge is 0.481 e. The van der Waals surface area contributed by atoms with E-state index >= 15 is 0 Å². The first-order chi connectivity index (χ1) is 6.92.